The van der Waals surface area contributed by atoms with Crippen LogP contribution in [-0.4, -0.2) is 29.7 Å². The van der Waals surface area contributed by atoms with E-state index in [4.69, 9.17) is 26.8 Å². The van der Waals surface area contributed by atoms with Gasteiger partial charge in [-0.1, -0.05) is 0 Å². The minimum absolute atomic E-state index is 0.352. The van der Waals surface area contributed by atoms with Crippen LogP contribution in [0, 0.1) is 0 Å². The van der Waals surface area contributed by atoms with Gasteiger partial charge in [-0.3, -0.25) is 0 Å². The van der Waals surface area contributed by atoms with Crippen molar-refractivity contribution in [2.45, 2.75) is 0 Å². The molecule has 4 N–H and O–H groups in total. The van der Waals surface area contributed by atoms with Crippen molar-refractivity contribution >= 4 is 40.5 Å². The predicted octanol–water partition coefficient (Wildman–Crippen LogP) is 1.83. The van der Waals surface area contributed by atoms with E-state index in [2.05, 4.69) is 23.3 Å². The van der Waals surface area contributed by atoms with E-state index in [1.165, 1.54) is 7.11 Å². The Balaban J connectivity index is 0.000000557. The number of anilines is 1. The second kappa shape index (κ2) is 8.54. The summed E-state index contributed by atoms with van der Waals surface area (Å²) in [7, 11) is 3.15. The van der Waals surface area contributed by atoms with Crippen LogP contribution in [0.25, 0.3) is 0 Å². The first-order valence-corrected chi connectivity index (χ1v) is 5.28. The van der Waals surface area contributed by atoms with Crippen molar-refractivity contribution < 1.29 is 14.6 Å². The van der Waals surface area contributed by atoms with Gasteiger partial charge >= 0.3 is 0 Å². The second-order valence-electron chi connectivity index (χ2n) is 2.68. The van der Waals surface area contributed by atoms with Gasteiger partial charge in [0.1, 0.15) is 5.75 Å². The van der Waals surface area contributed by atoms with E-state index in [0.29, 0.717) is 5.17 Å². The summed E-state index contributed by atoms with van der Waals surface area (Å²) in [6.45, 7) is 0. The van der Waals surface area contributed by atoms with Gasteiger partial charge in [-0.05, 0) is 48.7 Å². The molecule has 0 bridgehead atoms. The molecule has 0 aliphatic heterocycles. The number of rotatable bonds is 2. The third-order valence-electron chi connectivity index (χ3n) is 1.52. The van der Waals surface area contributed by atoms with Crippen molar-refractivity contribution in [2.75, 3.05) is 19.5 Å². The van der Waals surface area contributed by atoms with E-state index in [-0.39, 0.29) is 0 Å². The lowest BCUT2D eigenvalue weighted by molar-refractivity contribution is 0.412. The molecule has 0 spiro atoms. The van der Waals surface area contributed by atoms with E-state index in [0.717, 1.165) is 11.4 Å². The first kappa shape index (κ1) is 15.4. The largest absolute Gasteiger partial charge is 0.497 e. The van der Waals surface area contributed by atoms with Crippen LogP contribution < -0.4 is 15.8 Å². The molecule has 0 fully saturated rings. The van der Waals surface area contributed by atoms with E-state index < -0.39 is 5.17 Å². The highest BCUT2D eigenvalue weighted by atomic mass is 32.1. The highest BCUT2D eigenvalue weighted by Gasteiger charge is 1.96. The average molecular weight is 274 g/mol. The standard InChI is InChI=1S/C9H11NO2S.CH3NOS/c1-11-8-5-3-7(4-6-8)10-9(13)12-2;2-1(3)4/h3-6H,1-2H3,(H,10,13);(H3,2,3,4). The highest BCUT2D eigenvalue weighted by molar-refractivity contribution is 7.80. The maximum atomic E-state index is 7.56. The van der Waals surface area contributed by atoms with Crippen LogP contribution in [0.5, 0.6) is 5.75 Å². The zero-order valence-electron chi connectivity index (χ0n) is 9.47. The SMILES string of the molecule is COC(=S)Nc1ccc(OC)cc1.NC(O)=S. The number of nitrogens with one attached hydrogen (secondary N) is 1. The molecule has 0 heterocycles. The molecule has 0 atom stereocenters. The number of ether oxygens (including phenoxy) is 2. The van der Waals surface area contributed by atoms with Crippen molar-refractivity contribution in [1.29, 1.82) is 0 Å². The van der Waals surface area contributed by atoms with Gasteiger partial charge in [-0.2, -0.15) is 0 Å². The van der Waals surface area contributed by atoms with Crippen LogP contribution in [-0.2, 0) is 4.74 Å². The third-order valence-corrected chi connectivity index (χ3v) is 1.79. The molecule has 0 unspecified atom stereocenters. The lowest BCUT2D eigenvalue weighted by Crippen LogP contribution is -2.10. The molecule has 5 nitrogen and oxygen atoms in total. The smallest absolute Gasteiger partial charge is 0.260 e. The lowest BCUT2D eigenvalue weighted by Gasteiger charge is -2.06. The van der Waals surface area contributed by atoms with Crippen molar-refractivity contribution in [3.8, 4) is 5.75 Å². The summed E-state index contributed by atoms with van der Waals surface area (Å²) in [5.74, 6) is 0.814. The van der Waals surface area contributed by atoms with Crippen LogP contribution in [0.1, 0.15) is 0 Å². The molecule has 1 aromatic carbocycles. The summed E-state index contributed by atoms with van der Waals surface area (Å²) in [6.07, 6.45) is 0. The first-order chi connectivity index (χ1) is 7.99. The number of methoxy groups -OCH3 is 2. The monoisotopic (exact) mass is 274 g/mol. The van der Waals surface area contributed by atoms with Gasteiger partial charge in [-0.15, -0.1) is 0 Å². The third kappa shape index (κ3) is 8.23. The van der Waals surface area contributed by atoms with Crippen LogP contribution in [0.15, 0.2) is 24.3 Å². The van der Waals surface area contributed by atoms with Crippen molar-refractivity contribution in [2.24, 2.45) is 5.73 Å². The summed E-state index contributed by atoms with van der Waals surface area (Å²) in [5, 5.41) is 10.3. The predicted molar refractivity (Wildman–Crippen MR) is 75.6 cm³/mol. The van der Waals surface area contributed by atoms with Crippen molar-refractivity contribution in [3.63, 3.8) is 0 Å². The number of benzene rings is 1. The molecule has 0 saturated carbocycles. The lowest BCUT2D eigenvalue weighted by atomic mass is 10.3. The molecule has 1 aromatic rings. The minimum Gasteiger partial charge on any atom is -0.497 e. The van der Waals surface area contributed by atoms with Gasteiger partial charge in [0.05, 0.1) is 14.2 Å². The maximum absolute atomic E-state index is 7.56. The normalized spacial score (nSPS) is 8.35. The minimum atomic E-state index is -0.500. The van der Waals surface area contributed by atoms with Crippen LogP contribution in [0.4, 0.5) is 5.69 Å². The number of hydrogen-bond acceptors (Lipinski definition) is 4. The molecule has 7 heteroatoms. The number of hydrogen-bond donors (Lipinski definition) is 3. The molecular weight excluding hydrogens is 260 g/mol. The number of thiocarbonyl (C=S) groups is 2. The molecule has 0 amide bonds. The fraction of sp³-hybridized carbons (Fsp3) is 0.200. The Labute approximate surface area is 111 Å². The molecule has 17 heavy (non-hydrogen) atoms. The van der Waals surface area contributed by atoms with E-state index in [9.17, 15) is 0 Å². The van der Waals surface area contributed by atoms with Gasteiger partial charge in [0, 0.05) is 5.69 Å². The number of aliphatic hydroxyl groups is 1. The van der Waals surface area contributed by atoms with E-state index >= 15 is 0 Å². The number of aliphatic hydroxyl groups excluding tert-OH is 1. The molecule has 0 aliphatic rings. The van der Waals surface area contributed by atoms with Gasteiger partial charge < -0.3 is 25.6 Å². The van der Waals surface area contributed by atoms with Crippen molar-refractivity contribution in [3.05, 3.63) is 24.3 Å². The van der Waals surface area contributed by atoms with Crippen LogP contribution >= 0.6 is 24.4 Å². The first-order valence-electron chi connectivity index (χ1n) is 4.47. The Kier molecular flexibility index (Phi) is 7.74. The van der Waals surface area contributed by atoms with Crippen molar-refractivity contribution in [1.82, 2.24) is 0 Å². The zero-order valence-corrected chi connectivity index (χ0v) is 11.1. The average Bonchev–Trinajstić information content (AvgIpc) is 2.29. The van der Waals surface area contributed by atoms with Gasteiger partial charge in [0.2, 0.25) is 0 Å². The molecular formula is C10H14N2O3S2. The summed E-state index contributed by atoms with van der Waals surface area (Å²) >= 11 is 8.70. The zero-order chi connectivity index (χ0) is 13.3. The topological polar surface area (TPSA) is 76.7 Å². The Bertz CT molecular complexity index is 364. The Morgan fingerprint density at radius 1 is 1.24 bits per heavy atom. The Morgan fingerprint density at radius 3 is 2.06 bits per heavy atom. The Morgan fingerprint density at radius 2 is 1.71 bits per heavy atom. The van der Waals surface area contributed by atoms with E-state index in [1.807, 2.05) is 24.3 Å². The summed E-state index contributed by atoms with van der Waals surface area (Å²) in [6, 6.07) is 7.43. The molecule has 0 radical (unpaired) electrons. The highest BCUT2D eigenvalue weighted by Crippen LogP contribution is 2.14. The van der Waals surface area contributed by atoms with Gasteiger partial charge in [0.25, 0.3) is 10.3 Å². The molecule has 0 aromatic heterocycles. The molecule has 1 rings (SSSR count). The Hall–Kier alpha value is -1.60. The van der Waals surface area contributed by atoms with Gasteiger partial charge in [0.15, 0.2) is 0 Å². The molecule has 0 aliphatic carbocycles. The van der Waals surface area contributed by atoms with Crippen LogP contribution in [0.2, 0.25) is 0 Å². The quantitative estimate of drug-likeness (QED) is 0.710. The fourth-order valence-electron chi connectivity index (χ4n) is 0.843. The maximum Gasteiger partial charge on any atom is 0.260 e. The summed E-state index contributed by atoms with van der Waals surface area (Å²) < 4.78 is 9.81. The van der Waals surface area contributed by atoms with E-state index in [1.54, 1.807) is 7.11 Å². The molecule has 0 saturated heterocycles. The molecule has 94 valence electrons. The van der Waals surface area contributed by atoms with Gasteiger partial charge in [-0.25, -0.2) is 0 Å². The number of nitrogens with two attached hydrogens (primary N) is 1. The summed E-state index contributed by atoms with van der Waals surface area (Å²) in [4.78, 5) is 0. The van der Waals surface area contributed by atoms with Crippen LogP contribution in [0.3, 0.4) is 0 Å². The second-order valence-corrected chi connectivity index (χ2v) is 3.47. The summed E-state index contributed by atoms with van der Waals surface area (Å²) in [5.41, 5.74) is 5.28. The fourth-order valence-corrected chi connectivity index (χ4v) is 0.961.